The van der Waals surface area contributed by atoms with Gasteiger partial charge in [0.2, 0.25) is 0 Å². The van der Waals surface area contributed by atoms with E-state index in [0.717, 1.165) is 11.4 Å². The summed E-state index contributed by atoms with van der Waals surface area (Å²) in [4.78, 5) is 0. The van der Waals surface area contributed by atoms with Crippen LogP contribution in [0.3, 0.4) is 0 Å². The van der Waals surface area contributed by atoms with E-state index < -0.39 is 5.60 Å². The second-order valence-electron chi connectivity index (χ2n) is 4.42. The van der Waals surface area contributed by atoms with Crippen molar-refractivity contribution in [1.29, 1.82) is 0 Å². The van der Waals surface area contributed by atoms with Gasteiger partial charge in [-0.1, -0.05) is 6.07 Å². The van der Waals surface area contributed by atoms with Gasteiger partial charge in [0.1, 0.15) is 5.75 Å². The predicted octanol–water partition coefficient (Wildman–Crippen LogP) is 1.65. The SMILES string of the molecule is COc1cccc(NCC2(O)CCOCC2)c1. The smallest absolute Gasteiger partial charge is 0.120 e. The molecule has 1 heterocycles. The number of benzene rings is 1. The highest BCUT2D eigenvalue weighted by Crippen LogP contribution is 2.22. The molecule has 4 nitrogen and oxygen atoms in total. The summed E-state index contributed by atoms with van der Waals surface area (Å²) in [6, 6.07) is 7.71. The van der Waals surface area contributed by atoms with Gasteiger partial charge in [0.05, 0.1) is 12.7 Å². The van der Waals surface area contributed by atoms with E-state index in [1.807, 2.05) is 24.3 Å². The fourth-order valence-electron chi connectivity index (χ4n) is 1.93. The van der Waals surface area contributed by atoms with Crippen molar-refractivity contribution in [3.63, 3.8) is 0 Å². The van der Waals surface area contributed by atoms with E-state index in [1.165, 1.54) is 0 Å². The van der Waals surface area contributed by atoms with Gasteiger partial charge in [-0.3, -0.25) is 0 Å². The number of hydrogen-bond donors (Lipinski definition) is 2. The van der Waals surface area contributed by atoms with Crippen molar-refractivity contribution in [2.45, 2.75) is 18.4 Å². The third-order valence-electron chi connectivity index (χ3n) is 3.11. The van der Waals surface area contributed by atoms with Crippen molar-refractivity contribution in [3.8, 4) is 5.75 Å². The Balaban J connectivity index is 1.92. The third-order valence-corrected chi connectivity index (χ3v) is 3.11. The van der Waals surface area contributed by atoms with E-state index in [1.54, 1.807) is 7.11 Å². The summed E-state index contributed by atoms with van der Waals surface area (Å²) in [5.41, 5.74) is 0.311. The fourth-order valence-corrected chi connectivity index (χ4v) is 1.93. The highest BCUT2D eigenvalue weighted by atomic mass is 16.5. The fraction of sp³-hybridized carbons (Fsp3) is 0.538. The summed E-state index contributed by atoms with van der Waals surface area (Å²) in [5.74, 6) is 0.814. The summed E-state index contributed by atoms with van der Waals surface area (Å²) in [6.07, 6.45) is 1.37. The van der Waals surface area contributed by atoms with Crippen molar-refractivity contribution in [2.24, 2.45) is 0 Å². The molecule has 1 aromatic carbocycles. The van der Waals surface area contributed by atoms with E-state index >= 15 is 0 Å². The third kappa shape index (κ3) is 3.35. The molecule has 0 radical (unpaired) electrons. The first kappa shape index (κ1) is 12.2. The van der Waals surface area contributed by atoms with Crippen LogP contribution in [-0.4, -0.2) is 37.6 Å². The molecule has 1 saturated heterocycles. The minimum Gasteiger partial charge on any atom is -0.497 e. The number of aliphatic hydroxyl groups is 1. The maximum atomic E-state index is 10.3. The van der Waals surface area contributed by atoms with Crippen LogP contribution in [0.2, 0.25) is 0 Å². The highest BCUT2D eigenvalue weighted by Gasteiger charge is 2.29. The van der Waals surface area contributed by atoms with Crippen LogP contribution in [0.15, 0.2) is 24.3 Å². The highest BCUT2D eigenvalue weighted by molar-refractivity contribution is 5.48. The van der Waals surface area contributed by atoms with Crippen molar-refractivity contribution in [3.05, 3.63) is 24.3 Å². The lowest BCUT2D eigenvalue weighted by molar-refractivity contribution is -0.0543. The first-order valence-electron chi connectivity index (χ1n) is 5.90. The van der Waals surface area contributed by atoms with Gasteiger partial charge in [0.15, 0.2) is 0 Å². The topological polar surface area (TPSA) is 50.7 Å². The molecule has 0 aromatic heterocycles. The molecule has 1 aromatic rings. The van der Waals surface area contributed by atoms with E-state index in [9.17, 15) is 5.11 Å². The average molecular weight is 237 g/mol. The first-order chi connectivity index (χ1) is 8.22. The van der Waals surface area contributed by atoms with Crippen LogP contribution in [-0.2, 0) is 4.74 Å². The van der Waals surface area contributed by atoms with Crippen LogP contribution in [0, 0.1) is 0 Å². The summed E-state index contributed by atoms with van der Waals surface area (Å²) < 4.78 is 10.4. The quantitative estimate of drug-likeness (QED) is 0.836. The number of anilines is 1. The minimum absolute atomic E-state index is 0.545. The van der Waals surface area contributed by atoms with Gasteiger partial charge in [0.25, 0.3) is 0 Å². The molecule has 0 saturated carbocycles. The van der Waals surface area contributed by atoms with Gasteiger partial charge in [-0.05, 0) is 12.1 Å². The van der Waals surface area contributed by atoms with Gasteiger partial charge in [0, 0.05) is 44.4 Å². The van der Waals surface area contributed by atoms with Crippen molar-refractivity contribution < 1.29 is 14.6 Å². The van der Waals surface area contributed by atoms with Crippen LogP contribution in [0.25, 0.3) is 0 Å². The number of rotatable bonds is 4. The Kier molecular flexibility index (Phi) is 3.86. The van der Waals surface area contributed by atoms with E-state index in [0.29, 0.717) is 32.6 Å². The lowest BCUT2D eigenvalue weighted by atomic mass is 9.94. The molecule has 1 fully saturated rings. The summed E-state index contributed by atoms with van der Waals surface area (Å²) >= 11 is 0. The maximum Gasteiger partial charge on any atom is 0.120 e. The monoisotopic (exact) mass is 237 g/mol. The van der Waals surface area contributed by atoms with Gasteiger partial charge < -0.3 is 19.9 Å². The number of hydrogen-bond acceptors (Lipinski definition) is 4. The summed E-state index contributed by atoms with van der Waals surface area (Å²) in [7, 11) is 1.64. The number of nitrogens with one attached hydrogen (secondary N) is 1. The molecule has 0 amide bonds. The van der Waals surface area contributed by atoms with Crippen LogP contribution in [0.1, 0.15) is 12.8 Å². The average Bonchev–Trinajstić information content (AvgIpc) is 2.38. The largest absolute Gasteiger partial charge is 0.497 e. The number of methoxy groups -OCH3 is 1. The van der Waals surface area contributed by atoms with Crippen molar-refractivity contribution >= 4 is 5.69 Å². The Labute approximate surface area is 102 Å². The molecule has 1 aliphatic rings. The zero-order chi connectivity index (χ0) is 12.1. The van der Waals surface area contributed by atoms with Crippen molar-refractivity contribution in [2.75, 3.05) is 32.2 Å². The first-order valence-corrected chi connectivity index (χ1v) is 5.90. The molecule has 17 heavy (non-hydrogen) atoms. The lowest BCUT2D eigenvalue weighted by Gasteiger charge is -2.32. The Morgan fingerprint density at radius 2 is 2.18 bits per heavy atom. The van der Waals surface area contributed by atoms with E-state index in [4.69, 9.17) is 9.47 Å². The molecule has 0 spiro atoms. The molecule has 1 aliphatic heterocycles. The van der Waals surface area contributed by atoms with Crippen LogP contribution in [0.5, 0.6) is 5.75 Å². The molecular formula is C13H19NO3. The minimum atomic E-state index is -0.651. The van der Waals surface area contributed by atoms with Gasteiger partial charge in [-0.2, -0.15) is 0 Å². The molecule has 4 heteroatoms. The molecule has 0 unspecified atom stereocenters. The van der Waals surface area contributed by atoms with Gasteiger partial charge in [-0.15, -0.1) is 0 Å². The molecule has 0 aliphatic carbocycles. The maximum absolute atomic E-state index is 10.3. The molecule has 0 atom stereocenters. The van der Waals surface area contributed by atoms with Crippen LogP contribution in [0.4, 0.5) is 5.69 Å². The van der Waals surface area contributed by atoms with E-state index in [-0.39, 0.29) is 0 Å². The predicted molar refractivity (Wildman–Crippen MR) is 66.5 cm³/mol. The summed E-state index contributed by atoms with van der Waals surface area (Å²) in [6.45, 7) is 1.82. The van der Waals surface area contributed by atoms with Crippen LogP contribution < -0.4 is 10.1 Å². The van der Waals surface area contributed by atoms with E-state index in [2.05, 4.69) is 5.32 Å². The molecule has 0 bridgehead atoms. The molecule has 94 valence electrons. The molecule has 2 rings (SSSR count). The van der Waals surface area contributed by atoms with Crippen molar-refractivity contribution in [1.82, 2.24) is 0 Å². The summed E-state index contributed by atoms with van der Waals surface area (Å²) in [5, 5.41) is 13.5. The molecular weight excluding hydrogens is 218 g/mol. The Bertz CT molecular complexity index is 361. The standard InChI is InChI=1S/C13H19NO3/c1-16-12-4-2-3-11(9-12)14-10-13(15)5-7-17-8-6-13/h2-4,9,14-15H,5-8,10H2,1H3. The normalized spacial score (nSPS) is 18.7. The second-order valence-corrected chi connectivity index (χ2v) is 4.42. The number of ether oxygens (including phenoxy) is 2. The zero-order valence-corrected chi connectivity index (χ0v) is 10.1. The lowest BCUT2D eigenvalue weighted by Crippen LogP contribution is -2.42. The van der Waals surface area contributed by atoms with Gasteiger partial charge >= 0.3 is 0 Å². The zero-order valence-electron chi connectivity index (χ0n) is 10.1. The van der Waals surface area contributed by atoms with Crippen LogP contribution >= 0.6 is 0 Å². The Hall–Kier alpha value is -1.26. The molecule has 2 N–H and O–H groups in total. The second kappa shape index (κ2) is 5.38. The Morgan fingerprint density at radius 3 is 2.88 bits per heavy atom. The Morgan fingerprint density at radius 1 is 1.41 bits per heavy atom. The van der Waals surface area contributed by atoms with Gasteiger partial charge in [-0.25, -0.2) is 0 Å².